The minimum Gasteiger partial charge on any atom is -0.463 e. The summed E-state index contributed by atoms with van der Waals surface area (Å²) in [6.45, 7) is 3.67. The van der Waals surface area contributed by atoms with Crippen molar-refractivity contribution in [2.75, 3.05) is 11.1 Å². The van der Waals surface area contributed by atoms with Gasteiger partial charge in [0.1, 0.15) is 10.7 Å². The number of aryl methyl sites for hydroxylation is 1. The van der Waals surface area contributed by atoms with Gasteiger partial charge in [0.05, 0.1) is 23.8 Å². The minimum absolute atomic E-state index is 0.0214. The summed E-state index contributed by atoms with van der Waals surface area (Å²) >= 11 is 2.42. The summed E-state index contributed by atoms with van der Waals surface area (Å²) in [5.41, 5.74) is 7.45. The molecule has 4 heterocycles. The number of nitrogens with zero attached hydrogens (tertiary/aromatic N) is 3. The summed E-state index contributed by atoms with van der Waals surface area (Å²) in [4.78, 5) is 29.6. The number of thioether (sulfide) groups is 1. The second kappa shape index (κ2) is 8.74. The molecule has 0 aliphatic rings. The monoisotopic (exact) mass is 455 g/mol. The van der Waals surface area contributed by atoms with Gasteiger partial charge >= 0.3 is 0 Å². The van der Waals surface area contributed by atoms with E-state index in [1.54, 1.807) is 31.2 Å². The molecule has 0 aliphatic carbocycles. The van der Waals surface area contributed by atoms with Crippen LogP contribution < -0.4 is 11.1 Å². The largest absolute Gasteiger partial charge is 0.463 e. The standard InChI is InChI=1S/C20H17N5O4S2/c1-10-11(2)31-19(15(10)18(21)27)22-14(26)9-30-20-23-16(12-5-3-7-28-12)17(24-25-20)13-6-4-8-29-13/h3-8H,9H2,1-2H3,(H2,21,27)(H,22,26). The van der Waals surface area contributed by atoms with Gasteiger partial charge in [-0.25, -0.2) is 4.98 Å². The first-order chi connectivity index (χ1) is 14.9. The molecular weight excluding hydrogens is 438 g/mol. The Bertz CT molecular complexity index is 1230. The number of primary amides is 1. The van der Waals surface area contributed by atoms with Crippen LogP contribution in [-0.4, -0.2) is 32.7 Å². The van der Waals surface area contributed by atoms with Gasteiger partial charge < -0.3 is 19.9 Å². The Morgan fingerprint density at radius 3 is 2.39 bits per heavy atom. The molecule has 4 aromatic heterocycles. The van der Waals surface area contributed by atoms with Gasteiger partial charge in [-0.15, -0.1) is 21.5 Å². The van der Waals surface area contributed by atoms with Crippen LogP contribution in [0.2, 0.25) is 0 Å². The van der Waals surface area contributed by atoms with Gasteiger partial charge in [-0.3, -0.25) is 9.59 Å². The zero-order valence-corrected chi connectivity index (χ0v) is 18.2. The van der Waals surface area contributed by atoms with Crippen molar-refractivity contribution in [1.29, 1.82) is 0 Å². The summed E-state index contributed by atoms with van der Waals surface area (Å²) in [6, 6.07) is 6.99. The summed E-state index contributed by atoms with van der Waals surface area (Å²) < 4.78 is 10.9. The van der Waals surface area contributed by atoms with Crippen LogP contribution in [0.5, 0.6) is 0 Å². The summed E-state index contributed by atoms with van der Waals surface area (Å²) in [6.07, 6.45) is 3.06. The van der Waals surface area contributed by atoms with Gasteiger partial charge in [0, 0.05) is 4.88 Å². The molecule has 4 aromatic rings. The molecule has 0 spiro atoms. The fraction of sp³-hybridized carbons (Fsp3) is 0.150. The Morgan fingerprint density at radius 2 is 1.77 bits per heavy atom. The second-order valence-electron chi connectivity index (χ2n) is 6.43. The molecule has 0 unspecified atom stereocenters. The number of rotatable bonds is 7. The zero-order valence-electron chi connectivity index (χ0n) is 16.5. The van der Waals surface area contributed by atoms with Crippen molar-refractivity contribution in [2.45, 2.75) is 19.0 Å². The van der Waals surface area contributed by atoms with Gasteiger partial charge in [-0.1, -0.05) is 11.8 Å². The molecular formula is C20H17N5O4S2. The molecule has 0 radical (unpaired) electrons. The predicted molar refractivity (Wildman–Crippen MR) is 117 cm³/mol. The van der Waals surface area contributed by atoms with Crippen molar-refractivity contribution in [3.05, 3.63) is 52.8 Å². The van der Waals surface area contributed by atoms with Crippen molar-refractivity contribution < 1.29 is 18.4 Å². The van der Waals surface area contributed by atoms with Crippen molar-refractivity contribution in [1.82, 2.24) is 15.2 Å². The van der Waals surface area contributed by atoms with E-state index in [4.69, 9.17) is 14.6 Å². The van der Waals surface area contributed by atoms with Gasteiger partial charge in [0.15, 0.2) is 17.2 Å². The van der Waals surface area contributed by atoms with E-state index in [2.05, 4.69) is 20.5 Å². The number of anilines is 1. The third kappa shape index (κ3) is 4.37. The quantitative estimate of drug-likeness (QED) is 0.400. The highest BCUT2D eigenvalue weighted by molar-refractivity contribution is 7.99. The number of amides is 2. The smallest absolute Gasteiger partial charge is 0.251 e. The first kappa shape index (κ1) is 20.8. The highest BCUT2D eigenvalue weighted by atomic mass is 32.2. The van der Waals surface area contributed by atoms with Crippen LogP contribution in [0, 0.1) is 13.8 Å². The molecule has 4 rings (SSSR count). The van der Waals surface area contributed by atoms with Crippen LogP contribution in [0.4, 0.5) is 5.00 Å². The Hall–Kier alpha value is -3.44. The van der Waals surface area contributed by atoms with E-state index >= 15 is 0 Å². The number of nitrogens with one attached hydrogen (secondary N) is 1. The molecule has 0 saturated carbocycles. The van der Waals surface area contributed by atoms with Crippen molar-refractivity contribution >= 4 is 39.9 Å². The topological polar surface area (TPSA) is 137 Å². The predicted octanol–water partition coefficient (Wildman–Crippen LogP) is 3.90. The number of nitrogens with two attached hydrogens (primary N) is 1. The van der Waals surface area contributed by atoms with E-state index in [1.165, 1.54) is 23.9 Å². The van der Waals surface area contributed by atoms with Crippen LogP contribution in [0.25, 0.3) is 22.9 Å². The molecule has 158 valence electrons. The number of aromatic nitrogens is 3. The second-order valence-corrected chi connectivity index (χ2v) is 8.60. The summed E-state index contributed by atoms with van der Waals surface area (Å²) in [5.74, 6) is 0.139. The van der Waals surface area contributed by atoms with Crippen molar-refractivity contribution in [2.24, 2.45) is 5.73 Å². The maximum Gasteiger partial charge on any atom is 0.251 e. The molecule has 9 nitrogen and oxygen atoms in total. The lowest BCUT2D eigenvalue weighted by atomic mass is 10.1. The maximum absolute atomic E-state index is 12.5. The first-order valence-corrected chi connectivity index (χ1v) is 10.9. The third-order valence-electron chi connectivity index (χ3n) is 4.39. The third-order valence-corrected chi connectivity index (χ3v) is 6.35. The maximum atomic E-state index is 12.5. The number of hydrogen-bond donors (Lipinski definition) is 2. The molecule has 0 atom stereocenters. The van der Waals surface area contributed by atoms with Crippen LogP contribution in [0.1, 0.15) is 20.8 Å². The number of thiophene rings is 1. The van der Waals surface area contributed by atoms with Crippen molar-refractivity contribution in [3.8, 4) is 22.9 Å². The average molecular weight is 456 g/mol. The molecule has 0 aromatic carbocycles. The van der Waals surface area contributed by atoms with Gasteiger partial charge in [-0.05, 0) is 43.7 Å². The fourth-order valence-corrected chi connectivity index (χ4v) is 4.51. The van der Waals surface area contributed by atoms with E-state index < -0.39 is 5.91 Å². The van der Waals surface area contributed by atoms with E-state index in [-0.39, 0.29) is 11.7 Å². The molecule has 11 heteroatoms. The zero-order chi connectivity index (χ0) is 22.0. The molecule has 0 aliphatic heterocycles. The number of carbonyl (C=O) groups excluding carboxylic acids is 2. The lowest BCUT2D eigenvalue weighted by Crippen LogP contribution is -2.18. The molecule has 0 bridgehead atoms. The Kier molecular flexibility index (Phi) is 5.87. The highest BCUT2D eigenvalue weighted by Gasteiger charge is 2.21. The average Bonchev–Trinajstić information content (AvgIpc) is 3.49. The number of hydrogen-bond acceptors (Lipinski definition) is 9. The van der Waals surface area contributed by atoms with Gasteiger partial charge in [0.25, 0.3) is 5.91 Å². The molecule has 31 heavy (non-hydrogen) atoms. The van der Waals surface area contributed by atoms with Crippen LogP contribution in [-0.2, 0) is 4.79 Å². The lowest BCUT2D eigenvalue weighted by Gasteiger charge is -2.06. The fourth-order valence-electron chi connectivity index (χ4n) is 2.84. The van der Waals surface area contributed by atoms with Gasteiger partial charge in [-0.2, -0.15) is 0 Å². The Morgan fingerprint density at radius 1 is 1.10 bits per heavy atom. The molecule has 3 N–H and O–H groups in total. The van der Waals surface area contributed by atoms with Crippen molar-refractivity contribution in [3.63, 3.8) is 0 Å². The van der Waals surface area contributed by atoms with Gasteiger partial charge in [0.2, 0.25) is 11.1 Å². The van der Waals surface area contributed by atoms with E-state index in [1.807, 2.05) is 6.92 Å². The number of furan rings is 2. The number of carbonyl (C=O) groups is 2. The minimum atomic E-state index is -0.575. The Labute approximate surface area is 185 Å². The Balaban J connectivity index is 1.52. The van der Waals surface area contributed by atoms with E-state index in [0.717, 1.165) is 22.2 Å². The normalized spacial score (nSPS) is 10.9. The molecule has 2 amide bonds. The highest BCUT2D eigenvalue weighted by Crippen LogP contribution is 2.33. The summed E-state index contributed by atoms with van der Waals surface area (Å²) in [7, 11) is 0. The molecule has 0 fully saturated rings. The lowest BCUT2D eigenvalue weighted by molar-refractivity contribution is -0.113. The van der Waals surface area contributed by atoms with Crippen LogP contribution in [0.3, 0.4) is 0 Å². The SMILES string of the molecule is Cc1sc(NC(=O)CSc2nnc(-c3ccco3)c(-c3ccco3)n2)c(C(N)=O)c1C. The first-order valence-electron chi connectivity index (χ1n) is 9.09. The van der Waals surface area contributed by atoms with Crippen LogP contribution >= 0.6 is 23.1 Å². The molecule has 0 saturated heterocycles. The van der Waals surface area contributed by atoms with Crippen LogP contribution in [0.15, 0.2) is 50.8 Å². The van der Waals surface area contributed by atoms with E-state index in [0.29, 0.717) is 38.6 Å². The summed E-state index contributed by atoms with van der Waals surface area (Å²) in [5, 5.41) is 11.8. The van der Waals surface area contributed by atoms with E-state index in [9.17, 15) is 9.59 Å².